The summed E-state index contributed by atoms with van der Waals surface area (Å²) in [6.45, 7) is 2.11. The molecule has 2 rings (SSSR count). The maximum Gasteiger partial charge on any atom is 0.435 e. The largest absolute Gasteiger partial charge is 0.435 e. The van der Waals surface area contributed by atoms with E-state index in [2.05, 4.69) is 0 Å². The van der Waals surface area contributed by atoms with Crippen LogP contribution in [0.25, 0.3) is 0 Å². The number of nitrogen functional groups attached to an aromatic ring is 2. The molecule has 0 unspecified atom stereocenters. The zero-order valence-corrected chi connectivity index (χ0v) is 22.1. The maximum absolute atomic E-state index is 13.8. The molecule has 0 aliphatic carbocycles. The number of benzene rings is 2. The molecule has 0 bridgehead atoms. The van der Waals surface area contributed by atoms with Gasteiger partial charge in [0.25, 0.3) is 0 Å². The average molecular weight is 718 g/mol. The van der Waals surface area contributed by atoms with Crippen molar-refractivity contribution in [3.63, 3.8) is 0 Å². The third kappa shape index (κ3) is 10.1. The molecule has 2 aromatic rings. The Morgan fingerprint density at radius 2 is 0.783 bits per heavy atom. The van der Waals surface area contributed by atoms with Crippen molar-refractivity contribution in [1.82, 2.24) is 0 Å². The molecule has 0 amide bonds. The Labute approximate surface area is 246 Å². The summed E-state index contributed by atoms with van der Waals surface area (Å²) in [6.07, 6.45) is -34.6. The Balaban J connectivity index is 0. The second-order valence-electron chi connectivity index (χ2n) is 8.91. The molecule has 0 aliphatic heterocycles. The molecule has 0 heterocycles. The summed E-state index contributed by atoms with van der Waals surface area (Å²) >= 11 is 0. The quantitative estimate of drug-likeness (QED) is 0.240. The zero-order chi connectivity index (χ0) is 36.6. The second-order valence-corrected chi connectivity index (χ2v) is 8.91. The SMILES string of the molecule is C.CC(F)(F)F.Cc1cc(C(F)(C(F)(F)F)C(F)(F)F)cc(C(F)(F)F)c1N.Cc1cc(C(F)(C(F)(F)F)C(F)(F)F)ccc1N. The van der Waals surface area contributed by atoms with Crippen molar-refractivity contribution in [3.8, 4) is 0 Å². The first-order valence-electron chi connectivity index (χ1n) is 11.0. The minimum Gasteiger partial charge on any atom is -0.399 e. The van der Waals surface area contributed by atoms with Crippen molar-refractivity contribution in [1.29, 1.82) is 0 Å². The molecular weight excluding hydrogens is 696 g/mol. The highest BCUT2D eigenvalue weighted by Gasteiger charge is 2.74. The van der Waals surface area contributed by atoms with Crippen molar-refractivity contribution < 1.29 is 87.8 Å². The molecule has 46 heavy (non-hydrogen) atoms. The highest BCUT2D eigenvalue weighted by Crippen LogP contribution is 2.55. The molecule has 0 saturated heterocycles. The molecule has 2 nitrogen and oxygen atoms in total. The zero-order valence-electron chi connectivity index (χ0n) is 22.1. The fourth-order valence-electron chi connectivity index (χ4n) is 3.10. The Kier molecular flexibility index (Phi) is 13.4. The lowest BCUT2D eigenvalue weighted by Gasteiger charge is -2.31. The third-order valence-electron chi connectivity index (χ3n) is 5.32. The van der Waals surface area contributed by atoms with E-state index in [1.807, 2.05) is 0 Å². The van der Waals surface area contributed by atoms with E-state index in [0.717, 1.165) is 13.0 Å². The Morgan fingerprint density at radius 1 is 0.478 bits per heavy atom. The Bertz CT molecular complexity index is 1260. The molecule has 0 aliphatic rings. The maximum atomic E-state index is 13.8. The number of nitrogens with two attached hydrogens (primary N) is 2. The number of halogens is 20. The molecule has 4 N–H and O–H groups in total. The molecular formula is C24H22F20N2. The summed E-state index contributed by atoms with van der Waals surface area (Å²) in [5.41, 5.74) is -8.76. The van der Waals surface area contributed by atoms with Gasteiger partial charge in [0.15, 0.2) is 0 Å². The number of anilines is 2. The topological polar surface area (TPSA) is 52.0 Å². The predicted octanol–water partition coefficient (Wildman–Crippen LogP) is 11.0. The van der Waals surface area contributed by atoms with E-state index in [-0.39, 0.29) is 31.7 Å². The van der Waals surface area contributed by atoms with Crippen LogP contribution < -0.4 is 11.5 Å². The van der Waals surface area contributed by atoms with Crippen molar-refractivity contribution in [2.24, 2.45) is 0 Å². The van der Waals surface area contributed by atoms with Gasteiger partial charge in [-0.3, -0.25) is 0 Å². The van der Waals surface area contributed by atoms with Crippen LogP contribution in [-0.4, -0.2) is 30.9 Å². The summed E-state index contributed by atoms with van der Waals surface area (Å²) < 4.78 is 246. The lowest BCUT2D eigenvalue weighted by Crippen LogP contribution is -2.50. The first-order chi connectivity index (χ1) is 19.4. The van der Waals surface area contributed by atoms with Gasteiger partial charge in [-0.05, 0) is 37.1 Å². The number of aryl methyl sites for hydroxylation is 2. The number of alkyl halides is 20. The van der Waals surface area contributed by atoms with Gasteiger partial charge >= 0.3 is 48.4 Å². The number of hydrogen-bond donors (Lipinski definition) is 2. The van der Waals surface area contributed by atoms with E-state index in [1.54, 1.807) is 0 Å². The van der Waals surface area contributed by atoms with Gasteiger partial charge < -0.3 is 11.5 Å². The Hall–Kier alpha value is -3.36. The van der Waals surface area contributed by atoms with Crippen LogP contribution in [0.1, 0.15) is 42.2 Å². The fourth-order valence-corrected chi connectivity index (χ4v) is 3.10. The standard InChI is InChI=1S/C11H7F10N.C10H8F7N.C2H3F3.CH4/c1-4-2-5(3-6(7(4)22)9(13,14)15)8(12,10(16,17)18)11(19,20)21;1-5-4-6(2-3-7(5)18)8(11,9(12,13)14)10(15,16)17;1-2(3,4)5;/h2-3H,22H2,1H3;2-4H,18H2,1H3;1H3;1H4. The molecule has 0 saturated carbocycles. The van der Waals surface area contributed by atoms with Crippen molar-refractivity contribution in [3.05, 3.63) is 58.1 Å². The van der Waals surface area contributed by atoms with Crippen LogP contribution in [0.5, 0.6) is 0 Å². The smallest absolute Gasteiger partial charge is 0.399 e. The summed E-state index contributed by atoms with van der Waals surface area (Å²) in [7, 11) is 0. The van der Waals surface area contributed by atoms with Crippen molar-refractivity contribution in [2.75, 3.05) is 11.5 Å². The van der Waals surface area contributed by atoms with E-state index in [0.29, 0.717) is 12.1 Å². The normalized spacial score (nSPS) is 13.5. The fraction of sp³-hybridized carbons (Fsp3) is 0.500. The van der Waals surface area contributed by atoms with Gasteiger partial charge in [-0.1, -0.05) is 25.6 Å². The summed E-state index contributed by atoms with van der Waals surface area (Å²) in [6, 6.07) is 1.03. The highest BCUT2D eigenvalue weighted by atomic mass is 19.4. The van der Waals surface area contributed by atoms with Gasteiger partial charge in [0, 0.05) is 29.4 Å². The predicted molar refractivity (Wildman–Crippen MR) is 124 cm³/mol. The van der Waals surface area contributed by atoms with Crippen LogP contribution in [0.15, 0.2) is 30.3 Å². The molecule has 0 aromatic heterocycles. The Morgan fingerprint density at radius 3 is 1.07 bits per heavy atom. The van der Waals surface area contributed by atoms with Crippen LogP contribution in [-0.2, 0) is 17.5 Å². The van der Waals surface area contributed by atoms with Crippen LogP contribution in [0.2, 0.25) is 0 Å². The van der Waals surface area contributed by atoms with E-state index in [1.165, 1.54) is 6.92 Å². The molecule has 2 aromatic carbocycles. The number of rotatable bonds is 2. The first-order valence-corrected chi connectivity index (χ1v) is 11.0. The minimum absolute atomic E-state index is 0. The summed E-state index contributed by atoms with van der Waals surface area (Å²) in [4.78, 5) is 0. The van der Waals surface area contributed by atoms with Crippen LogP contribution in [0.3, 0.4) is 0 Å². The summed E-state index contributed by atoms with van der Waals surface area (Å²) in [5.74, 6) is 0. The molecule has 22 heteroatoms. The first kappa shape index (κ1) is 44.8. The van der Waals surface area contributed by atoms with Crippen LogP contribution >= 0.6 is 0 Å². The minimum atomic E-state index is -6.50. The molecule has 268 valence electrons. The van der Waals surface area contributed by atoms with E-state index >= 15 is 0 Å². The third-order valence-corrected chi connectivity index (χ3v) is 5.32. The average Bonchev–Trinajstić information content (AvgIpc) is 2.77. The second kappa shape index (κ2) is 13.8. The van der Waals surface area contributed by atoms with E-state index in [4.69, 9.17) is 11.5 Å². The van der Waals surface area contributed by atoms with Gasteiger partial charge in [-0.25, -0.2) is 8.78 Å². The van der Waals surface area contributed by atoms with Gasteiger partial charge in [0.2, 0.25) is 0 Å². The molecule has 0 atom stereocenters. The van der Waals surface area contributed by atoms with E-state index < -0.39 is 82.4 Å². The monoisotopic (exact) mass is 718 g/mol. The molecule has 0 radical (unpaired) electrons. The van der Waals surface area contributed by atoms with Gasteiger partial charge in [0.1, 0.15) is 0 Å². The van der Waals surface area contributed by atoms with Crippen LogP contribution in [0, 0.1) is 13.8 Å². The van der Waals surface area contributed by atoms with Crippen molar-refractivity contribution >= 4 is 11.4 Å². The molecule has 0 fully saturated rings. The lowest BCUT2D eigenvalue weighted by molar-refractivity contribution is -0.349. The highest BCUT2D eigenvalue weighted by molar-refractivity contribution is 5.57. The number of hydrogen-bond acceptors (Lipinski definition) is 2. The van der Waals surface area contributed by atoms with E-state index in [9.17, 15) is 87.8 Å². The summed E-state index contributed by atoms with van der Waals surface area (Å²) in [5, 5.41) is 0. The lowest BCUT2D eigenvalue weighted by atomic mass is 9.90. The van der Waals surface area contributed by atoms with Gasteiger partial charge in [-0.15, -0.1) is 0 Å². The van der Waals surface area contributed by atoms with Crippen LogP contribution in [0.4, 0.5) is 99.2 Å². The van der Waals surface area contributed by atoms with Gasteiger partial charge in [-0.2, -0.15) is 79.0 Å². The van der Waals surface area contributed by atoms with Crippen molar-refractivity contribution in [2.45, 2.75) is 76.6 Å². The van der Waals surface area contributed by atoms with Gasteiger partial charge in [0.05, 0.1) is 5.56 Å². The molecule has 0 spiro atoms.